The summed E-state index contributed by atoms with van der Waals surface area (Å²) in [6, 6.07) is -0.553. The summed E-state index contributed by atoms with van der Waals surface area (Å²) in [5.74, 6) is -0.0612. The van der Waals surface area contributed by atoms with Gasteiger partial charge in [-0.3, -0.25) is 9.59 Å². The fourth-order valence-electron chi connectivity index (χ4n) is 9.16. The van der Waals surface area contributed by atoms with Crippen molar-refractivity contribution in [1.29, 1.82) is 0 Å². The van der Waals surface area contributed by atoms with Crippen molar-refractivity contribution in [3.05, 3.63) is 24.3 Å². The zero-order valence-electron chi connectivity index (χ0n) is 44.4. The van der Waals surface area contributed by atoms with Crippen LogP contribution >= 0.6 is 0 Å². The molecule has 2 unspecified atom stereocenters. The van der Waals surface area contributed by atoms with E-state index in [9.17, 15) is 19.8 Å². The van der Waals surface area contributed by atoms with Gasteiger partial charge >= 0.3 is 5.97 Å². The van der Waals surface area contributed by atoms with Gasteiger partial charge in [0.05, 0.1) is 25.4 Å². The normalized spacial score (nSPS) is 12.7. The van der Waals surface area contributed by atoms with Gasteiger partial charge in [0, 0.05) is 12.8 Å². The number of rotatable bonds is 55. The molecule has 0 aliphatic carbocycles. The molecule has 0 fully saturated rings. The van der Waals surface area contributed by atoms with Gasteiger partial charge in [0.25, 0.3) is 0 Å². The van der Waals surface area contributed by atoms with Crippen LogP contribution in [0.2, 0.25) is 0 Å². The lowest BCUT2D eigenvalue weighted by atomic mass is 10.0. The summed E-state index contributed by atoms with van der Waals surface area (Å²) < 4.78 is 5.47. The molecule has 0 aliphatic heterocycles. The highest BCUT2D eigenvalue weighted by atomic mass is 16.5. The number of hydrogen-bond donors (Lipinski definition) is 3. The first-order valence-corrected chi connectivity index (χ1v) is 29.6. The Kier molecular flexibility index (Phi) is 54.5. The Morgan fingerprint density at radius 1 is 0.409 bits per heavy atom. The van der Waals surface area contributed by atoms with E-state index in [0.29, 0.717) is 25.9 Å². The summed E-state index contributed by atoms with van der Waals surface area (Å²) in [5, 5.41) is 23.3. The summed E-state index contributed by atoms with van der Waals surface area (Å²) >= 11 is 0. The van der Waals surface area contributed by atoms with Crippen LogP contribution in [0.5, 0.6) is 0 Å². The maximum Gasteiger partial charge on any atom is 0.305 e. The highest BCUT2D eigenvalue weighted by Gasteiger charge is 2.20. The van der Waals surface area contributed by atoms with Crippen LogP contribution < -0.4 is 5.32 Å². The molecule has 0 aromatic heterocycles. The van der Waals surface area contributed by atoms with E-state index in [4.69, 9.17) is 4.74 Å². The van der Waals surface area contributed by atoms with Crippen molar-refractivity contribution in [2.45, 2.75) is 334 Å². The summed E-state index contributed by atoms with van der Waals surface area (Å²) in [5.41, 5.74) is 0. The molecular weight excluding hydrogens is 815 g/mol. The lowest BCUT2D eigenvalue weighted by Crippen LogP contribution is -2.45. The quantitative estimate of drug-likeness (QED) is 0.0321. The Morgan fingerprint density at radius 3 is 1.08 bits per heavy atom. The van der Waals surface area contributed by atoms with E-state index in [1.807, 2.05) is 0 Å². The predicted molar refractivity (Wildman–Crippen MR) is 287 cm³/mol. The molecule has 0 aromatic rings. The van der Waals surface area contributed by atoms with Gasteiger partial charge in [-0.25, -0.2) is 0 Å². The number of carbonyl (C=O) groups is 2. The number of aliphatic hydroxyl groups excluding tert-OH is 2. The summed E-state index contributed by atoms with van der Waals surface area (Å²) in [6.45, 7) is 4.93. The third kappa shape index (κ3) is 51.7. The minimum atomic E-state index is -0.674. The van der Waals surface area contributed by atoms with Gasteiger partial charge in [-0.1, -0.05) is 256 Å². The predicted octanol–water partition coefficient (Wildman–Crippen LogP) is 18.2. The first-order valence-electron chi connectivity index (χ1n) is 29.6. The number of esters is 1. The Bertz CT molecular complexity index is 1030. The third-order valence-electron chi connectivity index (χ3n) is 13.7. The number of hydrogen-bond acceptors (Lipinski definition) is 5. The Morgan fingerprint density at radius 2 is 0.712 bits per heavy atom. The van der Waals surface area contributed by atoms with Crippen LogP contribution in [0.3, 0.4) is 0 Å². The molecule has 0 spiro atoms. The number of aliphatic hydroxyl groups is 2. The lowest BCUT2D eigenvalue weighted by molar-refractivity contribution is -0.143. The molecule has 6 nitrogen and oxygen atoms in total. The molecule has 0 aromatic carbocycles. The third-order valence-corrected chi connectivity index (χ3v) is 13.7. The van der Waals surface area contributed by atoms with Crippen LogP contribution in [0, 0.1) is 0 Å². The lowest BCUT2D eigenvalue weighted by Gasteiger charge is -2.22. The van der Waals surface area contributed by atoms with Gasteiger partial charge in [-0.15, -0.1) is 0 Å². The van der Waals surface area contributed by atoms with Gasteiger partial charge in [0.1, 0.15) is 0 Å². The van der Waals surface area contributed by atoms with E-state index in [1.54, 1.807) is 0 Å². The Hall–Kier alpha value is -1.66. The minimum absolute atomic E-state index is 0.0129. The maximum absolute atomic E-state index is 12.5. The van der Waals surface area contributed by atoms with E-state index in [-0.39, 0.29) is 18.5 Å². The summed E-state index contributed by atoms with van der Waals surface area (Å²) in [7, 11) is 0. The summed E-state index contributed by atoms with van der Waals surface area (Å²) in [6.07, 6.45) is 67.4. The SMILES string of the molecule is CCCCCCCC/C=C\CCCCCCCCCC(=O)OCCCCCC/C=C\CCCCCCCCCC(=O)NC(CO)C(O)CCCCCCCCCCCCCCCCCCC. The average molecular weight is 931 g/mol. The molecule has 6 heteroatoms. The molecule has 0 rings (SSSR count). The van der Waals surface area contributed by atoms with Crippen LogP contribution in [0.1, 0.15) is 322 Å². The Labute approximate surface area is 411 Å². The van der Waals surface area contributed by atoms with E-state index in [1.165, 1.54) is 218 Å². The second kappa shape index (κ2) is 55.9. The second-order valence-electron chi connectivity index (χ2n) is 20.3. The molecule has 0 saturated heterocycles. The molecule has 0 heterocycles. The fourth-order valence-corrected chi connectivity index (χ4v) is 9.16. The summed E-state index contributed by atoms with van der Waals surface area (Å²) in [4.78, 5) is 24.6. The molecule has 0 saturated carbocycles. The number of carbonyl (C=O) groups excluding carboxylic acids is 2. The van der Waals surface area contributed by atoms with Crippen molar-refractivity contribution in [3.8, 4) is 0 Å². The monoisotopic (exact) mass is 930 g/mol. The first-order chi connectivity index (χ1) is 32.5. The average Bonchev–Trinajstić information content (AvgIpc) is 3.32. The van der Waals surface area contributed by atoms with Crippen LogP contribution in [0.4, 0.5) is 0 Å². The van der Waals surface area contributed by atoms with Crippen LogP contribution in [0.25, 0.3) is 0 Å². The van der Waals surface area contributed by atoms with Gasteiger partial charge in [0.15, 0.2) is 0 Å². The number of amides is 1. The van der Waals surface area contributed by atoms with Crippen molar-refractivity contribution >= 4 is 11.9 Å². The smallest absolute Gasteiger partial charge is 0.305 e. The number of allylic oxidation sites excluding steroid dienone is 4. The number of unbranched alkanes of at least 4 members (excludes halogenated alkanes) is 40. The van der Waals surface area contributed by atoms with Gasteiger partial charge in [0.2, 0.25) is 5.91 Å². The maximum atomic E-state index is 12.5. The Balaban J connectivity index is 3.46. The van der Waals surface area contributed by atoms with Gasteiger partial charge in [-0.2, -0.15) is 0 Å². The zero-order valence-corrected chi connectivity index (χ0v) is 44.4. The van der Waals surface area contributed by atoms with E-state index < -0.39 is 12.1 Å². The van der Waals surface area contributed by atoms with Gasteiger partial charge < -0.3 is 20.3 Å². The molecule has 2 atom stereocenters. The van der Waals surface area contributed by atoms with Gasteiger partial charge in [-0.05, 0) is 77.0 Å². The van der Waals surface area contributed by atoms with Crippen molar-refractivity contribution in [3.63, 3.8) is 0 Å². The van der Waals surface area contributed by atoms with Crippen molar-refractivity contribution in [2.75, 3.05) is 13.2 Å². The van der Waals surface area contributed by atoms with Crippen molar-refractivity contribution in [2.24, 2.45) is 0 Å². The minimum Gasteiger partial charge on any atom is -0.466 e. The molecule has 390 valence electrons. The number of ether oxygens (including phenoxy) is 1. The highest BCUT2D eigenvalue weighted by Crippen LogP contribution is 2.17. The molecule has 1 amide bonds. The second-order valence-corrected chi connectivity index (χ2v) is 20.3. The van der Waals surface area contributed by atoms with Crippen LogP contribution in [-0.2, 0) is 14.3 Å². The van der Waals surface area contributed by atoms with Crippen molar-refractivity contribution in [1.82, 2.24) is 5.32 Å². The van der Waals surface area contributed by atoms with Crippen LogP contribution in [-0.4, -0.2) is 47.4 Å². The number of nitrogens with one attached hydrogen (secondary N) is 1. The van der Waals surface area contributed by atoms with E-state index in [2.05, 4.69) is 43.5 Å². The molecule has 66 heavy (non-hydrogen) atoms. The molecule has 0 aliphatic rings. The van der Waals surface area contributed by atoms with Crippen LogP contribution in [0.15, 0.2) is 24.3 Å². The van der Waals surface area contributed by atoms with E-state index >= 15 is 0 Å². The van der Waals surface area contributed by atoms with E-state index in [0.717, 1.165) is 70.6 Å². The highest BCUT2D eigenvalue weighted by molar-refractivity contribution is 5.76. The molecule has 0 radical (unpaired) electrons. The van der Waals surface area contributed by atoms with Crippen molar-refractivity contribution < 1.29 is 24.5 Å². The molecular formula is C60H115NO5. The topological polar surface area (TPSA) is 95.9 Å². The largest absolute Gasteiger partial charge is 0.466 e. The first kappa shape index (κ1) is 64.3. The molecule has 0 bridgehead atoms. The fraction of sp³-hybridized carbons (Fsp3) is 0.900. The standard InChI is InChI=1S/C60H115NO5/c1-3-5-7-9-11-13-15-17-19-21-24-28-32-36-40-44-48-52-58(63)57(56-62)61-59(64)53-49-45-41-37-33-29-25-23-27-31-35-39-43-47-51-55-66-60(65)54-50-46-42-38-34-30-26-22-20-18-16-14-12-10-8-6-4-2/h18,20,27,31,57-58,62-63H,3-17,19,21-26,28-30,32-56H2,1-2H3,(H,61,64)/b20-18-,31-27-. The molecule has 3 N–H and O–H groups in total. The zero-order chi connectivity index (χ0) is 47.9.